The summed E-state index contributed by atoms with van der Waals surface area (Å²) < 4.78 is 5.74. The highest BCUT2D eigenvalue weighted by Gasteiger charge is 2.08. The molecule has 0 aliphatic heterocycles. The number of aliphatic hydroxyl groups is 1. The van der Waals surface area contributed by atoms with E-state index in [9.17, 15) is 4.79 Å². The van der Waals surface area contributed by atoms with Gasteiger partial charge in [-0.1, -0.05) is 36.4 Å². The number of carbonyl (C=O) groups excluding carboxylic acids is 1. The van der Waals surface area contributed by atoms with E-state index in [1.54, 1.807) is 48.5 Å². The van der Waals surface area contributed by atoms with Crippen LogP contribution < -0.4 is 10.1 Å². The molecule has 120 valence electrons. The van der Waals surface area contributed by atoms with Crippen molar-refractivity contribution >= 4 is 11.6 Å². The Kier molecular flexibility index (Phi) is 4.89. The first-order valence-corrected chi connectivity index (χ1v) is 7.59. The smallest absolute Gasteiger partial charge is 0.255 e. The number of hydrogen-bond donors (Lipinski definition) is 2. The maximum Gasteiger partial charge on any atom is 0.255 e. The van der Waals surface area contributed by atoms with Crippen LogP contribution in [0, 0.1) is 0 Å². The molecule has 0 aliphatic rings. The second-order valence-corrected chi connectivity index (χ2v) is 5.26. The van der Waals surface area contributed by atoms with Crippen molar-refractivity contribution in [1.82, 2.24) is 0 Å². The van der Waals surface area contributed by atoms with E-state index < -0.39 is 0 Å². The topological polar surface area (TPSA) is 58.6 Å². The van der Waals surface area contributed by atoms with E-state index in [1.807, 2.05) is 30.3 Å². The van der Waals surface area contributed by atoms with Gasteiger partial charge in [0.05, 0.1) is 6.61 Å². The molecule has 3 rings (SSSR count). The Morgan fingerprint density at radius 1 is 0.875 bits per heavy atom. The van der Waals surface area contributed by atoms with Crippen LogP contribution in [0.2, 0.25) is 0 Å². The van der Waals surface area contributed by atoms with E-state index in [0.29, 0.717) is 22.7 Å². The average molecular weight is 319 g/mol. The molecule has 0 saturated heterocycles. The summed E-state index contributed by atoms with van der Waals surface area (Å²) in [6.07, 6.45) is 0. The predicted octanol–water partition coefficient (Wildman–Crippen LogP) is 4.22. The molecule has 0 radical (unpaired) electrons. The molecule has 0 spiro atoms. The molecule has 4 nitrogen and oxygen atoms in total. The molecule has 3 aromatic carbocycles. The summed E-state index contributed by atoms with van der Waals surface area (Å²) in [5.74, 6) is 1.08. The van der Waals surface area contributed by atoms with Gasteiger partial charge in [0, 0.05) is 11.3 Å². The van der Waals surface area contributed by atoms with E-state index in [2.05, 4.69) is 5.32 Å². The molecule has 0 unspecified atom stereocenters. The van der Waals surface area contributed by atoms with Gasteiger partial charge in [-0.2, -0.15) is 0 Å². The van der Waals surface area contributed by atoms with Crippen molar-refractivity contribution in [3.63, 3.8) is 0 Å². The number of hydrogen-bond acceptors (Lipinski definition) is 3. The fourth-order valence-electron chi connectivity index (χ4n) is 2.28. The Morgan fingerprint density at radius 2 is 1.62 bits per heavy atom. The summed E-state index contributed by atoms with van der Waals surface area (Å²) >= 11 is 0. The molecule has 3 aromatic rings. The van der Waals surface area contributed by atoms with Crippen molar-refractivity contribution in [2.45, 2.75) is 6.61 Å². The Bertz CT molecular complexity index is 831. The zero-order valence-corrected chi connectivity index (χ0v) is 13.0. The summed E-state index contributed by atoms with van der Waals surface area (Å²) in [5.41, 5.74) is 1.88. The highest BCUT2D eigenvalue weighted by Crippen LogP contribution is 2.22. The van der Waals surface area contributed by atoms with E-state index in [0.717, 1.165) is 5.56 Å². The van der Waals surface area contributed by atoms with Crippen LogP contribution >= 0.6 is 0 Å². The maximum atomic E-state index is 12.4. The Hall–Kier alpha value is -3.11. The van der Waals surface area contributed by atoms with E-state index in [4.69, 9.17) is 9.84 Å². The van der Waals surface area contributed by atoms with Gasteiger partial charge in [0.15, 0.2) is 0 Å². The van der Waals surface area contributed by atoms with E-state index >= 15 is 0 Å². The molecule has 0 atom stereocenters. The van der Waals surface area contributed by atoms with Crippen LogP contribution in [0.1, 0.15) is 15.9 Å². The normalized spacial score (nSPS) is 10.2. The molecular weight excluding hydrogens is 302 g/mol. The first kappa shape index (κ1) is 15.8. The van der Waals surface area contributed by atoms with Crippen molar-refractivity contribution in [1.29, 1.82) is 0 Å². The molecule has 24 heavy (non-hydrogen) atoms. The highest BCUT2D eigenvalue weighted by molar-refractivity contribution is 6.04. The van der Waals surface area contributed by atoms with Gasteiger partial charge in [-0.05, 0) is 48.0 Å². The van der Waals surface area contributed by atoms with Crippen molar-refractivity contribution in [2.75, 3.05) is 5.32 Å². The number of anilines is 1. The first-order chi connectivity index (χ1) is 11.7. The van der Waals surface area contributed by atoms with E-state index in [-0.39, 0.29) is 12.5 Å². The Balaban J connectivity index is 1.74. The third-order valence-electron chi connectivity index (χ3n) is 3.44. The average Bonchev–Trinajstić information content (AvgIpc) is 2.63. The molecule has 0 aromatic heterocycles. The molecule has 0 aliphatic carbocycles. The number of benzene rings is 3. The van der Waals surface area contributed by atoms with Gasteiger partial charge in [0.25, 0.3) is 5.91 Å². The second-order valence-electron chi connectivity index (χ2n) is 5.26. The third-order valence-corrected chi connectivity index (χ3v) is 3.44. The monoisotopic (exact) mass is 319 g/mol. The minimum atomic E-state index is -0.233. The number of aliphatic hydroxyl groups excluding tert-OH is 1. The fourth-order valence-corrected chi connectivity index (χ4v) is 2.28. The summed E-state index contributed by atoms with van der Waals surface area (Å²) in [5, 5.41) is 12.0. The van der Waals surface area contributed by atoms with Crippen LogP contribution in [0.3, 0.4) is 0 Å². The molecule has 0 bridgehead atoms. The van der Waals surface area contributed by atoms with Crippen LogP contribution in [0.4, 0.5) is 5.69 Å². The van der Waals surface area contributed by atoms with Gasteiger partial charge in [-0.3, -0.25) is 4.79 Å². The lowest BCUT2D eigenvalue weighted by Gasteiger charge is -2.09. The van der Waals surface area contributed by atoms with E-state index in [1.165, 1.54) is 0 Å². The number of nitrogens with one attached hydrogen (secondary N) is 1. The summed E-state index contributed by atoms with van der Waals surface area (Å²) in [6, 6.07) is 23.5. The number of ether oxygens (including phenoxy) is 1. The van der Waals surface area contributed by atoms with Crippen LogP contribution in [0.25, 0.3) is 0 Å². The lowest BCUT2D eigenvalue weighted by Crippen LogP contribution is -2.12. The van der Waals surface area contributed by atoms with Gasteiger partial charge in [0.2, 0.25) is 0 Å². The molecule has 2 N–H and O–H groups in total. The lowest BCUT2D eigenvalue weighted by molar-refractivity contribution is 0.102. The molecule has 4 heteroatoms. The minimum absolute atomic E-state index is 0.0654. The van der Waals surface area contributed by atoms with Gasteiger partial charge >= 0.3 is 0 Å². The van der Waals surface area contributed by atoms with Crippen LogP contribution in [-0.4, -0.2) is 11.0 Å². The SMILES string of the molecule is O=C(Nc1cccc(CO)c1)c1cccc(Oc2ccccc2)c1. The zero-order valence-electron chi connectivity index (χ0n) is 13.0. The Morgan fingerprint density at radius 3 is 2.42 bits per heavy atom. The van der Waals surface area contributed by atoms with Crippen molar-refractivity contribution in [2.24, 2.45) is 0 Å². The second kappa shape index (κ2) is 7.44. The van der Waals surface area contributed by atoms with Gasteiger partial charge in [-0.15, -0.1) is 0 Å². The van der Waals surface area contributed by atoms with Crippen molar-refractivity contribution < 1.29 is 14.6 Å². The molecule has 0 saturated carbocycles. The van der Waals surface area contributed by atoms with Crippen LogP contribution in [-0.2, 0) is 6.61 Å². The van der Waals surface area contributed by atoms with Crippen LogP contribution in [0.15, 0.2) is 78.9 Å². The first-order valence-electron chi connectivity index (χ1n) is 7.59. The largest absolute Gasteiger partial charge is 0.457 e. The summed E-state index contributed by atoms with van der Waals surface area (Å²) in [6.45, 7) is -0.0654. The minimum Gasteiger partial charge on any atom is -0.457 e. The molecule has 0 fully saturated rings. The van der Waals surface area contributed by atoms with Gasteiger partial charge in [0.1, 0.15) is 11.5 Å². The number of amides is 1. The fraction of sp³-hybridized carbons (Fsp3) is 0.0500. The predicted molar refractivity (Wildman–Crippen MR) is 93.3 cm³/mol. The highest BCUT2D eigenvalue weighted by atomic mass is 16.5. The third kappa shape index (κ3) is 4.00. The molecule has 1 amide bonds. The standard InChI is InChI=1S/C20H17NO3/c22-14-15-6-4-8-17(12-15)21-20(23)16-7-5-11-19(13-16)24-18-9-2-1-3-10-18/h1-13,22H,14H2,(H,21,23). The number of para-hydroxylation sites is 1. The molecular formula is C20H17NO3. The Labute approximate surface area is 140 Å². The zero-order chi connectivity index (χ0) is 16.8. The number of rotatable bonds is 5. The van der Waals surface area contributed by atoms with Gasteiger partial charge < -0.3 is 15.2 Å². The van der Waals surface area contributed by atoms with Crippen LogP contribution in [0.5, 0.6) is 11.5 Å². The lowest BCUT2D eigenvalue weighted by atomic mass is 10.1. The van der Waals surface area contributed by atoms with Crippen molar-refractivity contribution in [3.05, 3.63) is 90.0 Å². The molecule has 0 heterocycles. The number of carbonyl (C=O) groups is 1. The maximum absolute atomic E-state index is 12.4. The quantitative estimate of drug-likeness (QED) is 0.740. The summed E-state index contributed by atoms with van der Waals surface area (Å²) in [7, 11) is 0. The van der Waals surface area contributed by atoms with Gasteiger partial charge in [-0.25, -0.2) is 0 Å². The summed E-state index contributed by atoms with van der Waals surface area (Å²) in [4.78, 5) is 12.4. The van der Waals surface area contributed by atoms with Crippen molar-refractivity contribution in [3.8, 4) is 11.5 Å².